The molecule has 7 rings (SSSR count). The van der Waals surface area contributed by atoms with Crippen LogP contribution in [0.2, 0.25) is 0 Å². The van der Waals surface area contributed by atoms with Gasteiger partial charge in [0.15, 0.2) is 0 Å². The van der Waals surface area contributed by atoms with Gasteiger partial charge in [0.25, 0.3) is 0 Å². The summed E-state index contributed by atoms with van der Waals surface area (Å²) in [4.78, 5) is 0. The average Bonchev–Trinajstić information content (AvgIpc) is 3.22. The van der Waals surface area contributed by atoms with Gasteiger partial charge in [-0.25, -0.2) is 0 Å². The molecule has 52 heavy (non-hydrogen) atoms. The van der Waals surface area contributed by atoms with E-state index in [-0.39, 0.29) is 17.0 Å². The van der Waals surface area contributed by atoms with Gasteiger partial charge >= 0.3 is 0 Å². The third kappa shape index (κ3) is 9.48. The van der Waals surface area contributed by atoms with Gasteiger partial charge in [0.1, 0.15) is 34.7 Å². The Hall–Kier alpha value is -4.95. The molecule has 0 aliphatic carbocycles. The van der Waals surface area contributed by atoms with Crippen LogP contribution in [0.15, 0.2) is 188 Å². The van der Waals surface area contributed by atoms with Crippen LogP contribution >= 0.6 is 7.26 Å². The summed E-state index contributed by atoms with van der Waals surface area (Å²) in [7, 11) is 1.64. The Morgan fingerprint density at radius 1 is 0.500 bits per heavy atom. The van der Waals surface area contributed by atoms with Crippen LogP contribution in [0.4, 0.5) is 0 Å². The van der Waals surface area contributed by atoms with Crippen LogP contribution in [0, 0.1) is 0 Å². The maximum Gasteiger partial charge on any atom is 0.118 e. The lowest BCUT2D eigenvalue weighted by Gasteiger charge is -2.27. The van der Waals surface area contributed by atoms with E-state index in [0.717, 1.165) is 30.5 Å². The van der Waals surface area contributed by atoms with Gasteiger partial charge in [0.2, 0.25) is 0 Å². The molecule has 0 bridgehead atoms. The van der Waals surface area contributed by atoms with Gasteiger partial charge < -0.3 is 26.5 Å². The van der Waals surface area contributed by atoms with Gasteiger partial charge in [-0.15, -0.1) is 0 Å². The van der Waals surface area contributed by atoms with E-state index in [0.29, 0.717) is 0 Å². The van der Waals surface area contributed by atoms with Crippen molar-refractivity contribution in [2.24, 2.45) is 0 Å². The molecule has 0 fully saturated rings. The van der Waals surface area contributed by atoms with Crippen molar-refractivity contribution in [3.63, 3.8) is 0 Å². The van der Waals surface area contributed by atoms with Crippen LogP contribution in [0.3, 0.4) is 0 Å². The van der Waals surface area contributed by atoms with Crippen LogP contribution in [-0.2, 0) is 12.8 Å². The summed E-state index contributed by atoms with van der Waals surface area (Å²) in [5, 5.41) is 6.88. The summed E-state index contributed by atoms with van der Waals surface area (Å²) < 4.78 is 10.5. The second-order valence-electron chi connectivity index (χ2n) is 12.6. The van der Waals surface area contributed by atoms with E-state index in [2.05, 4.69) is 183 Å². The number of benzene rings is 7. The SMILES string of the molecule is COc1ccc(CC=C(C)c2ccc3ccccc3c2)cc1.COc1ccc(CC[P+](c2ccccc2)(c2ccccc2)c2ccccc2)cc1.[Br-]. The first kappa shape index (κ1) is 38.3. The highest BCUT2D eigenvalue weighted by Gasteiger charge is 2.44. The van der Waals surface area contributed by atoms with Crippen molar-refractivity contribution in [3.05, 3.63) is 205 Å². The van der Waals surface area contributed by atoms with E-state index in [1.165, 1.54) is 48.9 Å². The molecule has 0 amide bonds. The minimum Gasteiger partial charge on any atom is -1.00 e. The Balaban J connectivity index is 0.000000205. The summed E-state index contributed by atoms with van der Waals surface area (Å²) in [5.41, 5.74) is 5.23. The van der Waals surface area contributed by atoms with Crippen molar-refractivity contribution in [1.82, 2.24) is 0 Å². The number of methoxy groups -OCH3 is 2. The fourth-order valence-corrected chi connectivity index (χ4v) is 10.9. The van der Waals surface area contributed by atoms with Crippen molar-refractivity contribution in [2.75, 3.05) is 20.4 Å². The van der Waals surface area contributed by atoms with Crippen molar-refractivity contribution in [3.8, 4) is 11.5 Å². The molecule has 0 unspecified atom stereocenters. The molecule has 7 aromatic rings. The lowest BCUT2D eigenvalue weighted by molar-refractivity contribution is -0.0000106. The molecule has 0 aliphatic heterocycles. The van der Waals surface area contributed by atoms with Gasteiger partial charge in [-0.2, -0.15) is 0 Å². The molecular formula is C48H46BrO2P. The summed E-state index contributed by atoms with van der Waals surface area (Å²) in [6.45, 7) is 2.17. The van der Waals surface area contributed by atoms with Crippen LogP contribution in [0.1, 0.15) is 23.6 Å². The van der Waals surface area contributed by atoms with E-state index in [9.17, 15) is 0 Å². The zero-order chi connectivity index (χ0) is 35.3. The zero-order valence-corrected chi connectivity index (χ0v) is 32.6. The van der Waals surface area contributed by atoms with E-state index in [4.69, 9.17) is 9.47 Å². The van der Waals surface area contributed by atoms with E-state index >= 15 is 0 Å². The summed E-state index contributed by atoms with van der Waals surface area (Å²) in [6.07, 6.45) is 5.34. The second kappa shape index (κ2) is 19.0. The molecule has 0 heterocycles. The number of halogens is 1. The molecule has 0 spiro atoms. The van der Waals surface area contributed by atoms with Crippen molar-refractivity contribution in [2.45, 2.75) is 19.8 Å². The monoisotopic (exact) mass is 764 g/mol. The summed E-state index contributed by atoms with van der Waals surface area (Å²) in [5.74, 6) is 1.81. The molecule has 0 saturated carbocycles. The Labute approximate surface area is 320 Å². The van der Waals surface area contributed by atoms with Gasteiger partial charge in [-0.3, -0.25) is 0 Å². The highest BCUT2D eigenvalue weighted by molar-refractivity contribution is 7.95. The fourth-order valence-electron chi connectivity index (χ4n) is 6.56. The van der Waals surface area contributed by atoms with Crippen molar-refractivity contribution in [1.29, 1.82) is 0 Å². The predicted octanol–water partition coefficient (Wildman–Crippen LogP) is 7.73. The third-order valence-corrected chi connectivity index (χ3v) is 13.9. The Bertz CT molecular complexity index is 2030. The Kier molecular flexibility index (Phi) is 14.0. The molecule has 4 heteroatoms. The van der Waals surface area contributed by atoms with Gasteiger partial charge in [-0.05, 0) is 113 Å². The second-order valence-corrected chi connectivity index (χ2v) is 16.3. The molecular weight excluding hydrogens is 719 g/mol. The highest BCUT2D eigenvalue weighted by atomic mass is 79.9. The number of ether oxygens (including phenoxy) is 2. The largest absolute Gasteiger partial charge is 1.00 e. The normalized spacial score (nSPS) is 11.2. The summed E-state index contributed by atoms with van der Waals surface area (Å²) >= 11 is 0. The quantitative estimate of drug-likeness (QED) is 0.126. The van der Waals surface area contributed by atoms with Gasteiger partial charge in [-0.1, -0.05) is 121 Å². The predicted molar refractivity (Wildman–Crippen MR) is 221 cm³/mol. The number of fused-ring (bicyclic) bond motifs is 1. The summed E-state index contributed by atoms with van der Waals surface area (Å²) in [6, 6.07) is 65.1. The Morgan fingerprint density at radius 2 is 0.942 bits per heavy atom. The number of aryl methyl sites for hydroxylation is 1. The average molecular weight is 766 g/mol. The minimum atomic E-state index is -1.77. The molecule has 0 radical (unpaired) electrons. The van der Waals surface area contributed by atoms with E-state index in [1.807, 2.05) is 12.1 Å². The van der Waals surface area contributed by atoms with Crippen LogP contribution < -0.4 is 42.4 Å². The smallest absolute Gasteiger partial charge is 0.118 e. The van der Waals surface area contributed by atoms with Crippen molar-refractivity contribution >= 4 is 39.5 Å². The lowest BCUT2D eigenvalue weighted by atomic mass is 10.0. The van der Waals surface area contributed by atoms with Gasteiger partial charge in [0, 0.05) is 6.42 Å². The van der Waals surface area contributed by atoms with E-state index in [1.54, 1.807) is 14.2 Å². The Morgan fingerprint density at radius 3 is 1.42 bits per heavy atom. The number of hydrogen-bond donors (Lipinski definition) is 0. The molecule has 7 aromatic carbocycles. The molecule has 0 saturated heterocycles. The molecule has 0 aromatic heterocycles. The topological polar surface area (TPSA) is 18.5 Å². The van der Waals surface area contributed by atoms with Crippen LogP contribution in [0.25, 0.3) is 16.3 Å². The first-order valence-electron chi connectivity index (χ1n) is 17.6. The first-order chi connectivity index (χ1) is 25.1. The molecule has 0 N–H and O–H groups in total. The third-order valence-electron chi connectivity index (χ3n) is 9.49. The standard InChI is InChI=1S/C27H26OP.C21H20O.BrH/c1-28-24-19-17-23(18-20-24)21-22-29(25-11-5-2-6-12-25,26-13-7-3-8-14-26)27-15-9-4-10-16-27;1-16(7-8-17-9-13-21(22-2)14-10-17)19-12-11-18-5-3-4-6-20(18)15-19;/h2-20H,21-22H2,1H3;3-7,9-15H,8H2,1-2H3;1H/q+1;;/p-1. The maximum atomic E-state index is 5.33. The highest BCUT2D eigenvalue weighted by Crippen LogP contribution is 2.55. The molecule has 262 valence electrons. The van der Waals surface area contributed by atoms with Crippen LogP contribution in [-0.4, -0.2) is 20.4 Å². The molecule has 0 atom stereocenters. The lowest BCUT2D eigenvalue weighted by Crippen LogP contribution is -3.00. The fraction of sp³-hybridized carbons (Fsp3) is 0.125. The molecule has 0 aliphatic rings. The number of allylic oxidation sites excluding steroid dienone is 2. The van der Waals surface area contributed by atoms with E-state index < -0.39 is 7.26 Å². The van der Waals surface area contributed by atoms with Crippen molar-refractivity contribution < 1.29 is 26.5 Å². The molecule has 2 nitrogen and oxygen atoms in total. The van der Waals surface area contributed by atoms with Gasteiger partial charge in [0.05, 0.1) is 20.4 Å². The first-order valence-corrected chi connectivity index (χ1v) is 19.5. The minimum absolute atomic E-state index is 0. The maximum absolute atomic E-state index is 5.33. The number of hydrogen-bond acceptors (Lipinski definition) is 2. The van der Waals surface area contributed by atoms with Crippen LogP contribution in [0.5, 0.6) is 11.5 Å². The number of rotatable bonds is 11. The zero-order valence-electron chi connectivity index (χ0n) is 30.2.